The molecule has 2 aliphatic rings. The lowest BCUT2D eigenvalue weighted by Crippen LogP contribution is -2.49. The Morgan fingerprint density at radius 2 is 2.00 bits per heavy atom. The van der Waals surface area contributed by atoms with Crippen LogP contribution < -0.4 is 20.3 Å². The molecule has 3 aromatic rings. The molecular weight excluding hydrogens is 482 g/mol. The number of fused-ring (bicyclic) bond motifs is 1. The van der Waals surface area contributed by atoms with Crippen molar-refractivity contribution in [1.29, 1.82) is 0 Å². The summed E-state index contributed by atoms with van der Waals surface area (Å²) in [7, 11) is -3.67. The Bertz CT molecular complexity index is 1350. The number of aromatic nitrogens is 5. The number of aromatic amines is 1. The standard InChI is InChI=1S/C23H31N9O3S/c1-36(34,35)32(16-3-2-7-25-12-16)22-17(19-14-27-21-18(29-19)4-8-26-21)13-28-23(30-22)31-9-5-15(6-10-31)11-20(24)33/h4,8,13-16,25H,2-3,5-7,9-12H2,1H3,(H2,24,33)(H,26,27). The van der Waals surface area contributed by atoms with E-state index in [2.05, 4.69) is 25.3 Å². The molecule has 2 aliphatic heterocycles. The molecule has 4 N–H and O–H groups in total. The summed E-state index contributed by atoms with van der Waals surface area (Å²) < 4.78 is 27.7. The smallest absolute Gasteiger partial charge is 0.233 e. The van der Waals surface area contributed by atoms with E-state index in [1.165, 1.54) is 10.6 Å². The van der Waals surface area contributed by atoms with Crippen LogP contribution in [0.25, 0.3) is 22.4 Å². The van der Waals surface area contributed by atoms with Gasteiger partial charge in [0.2, 0.25) is 21.9 Å². The van der Waals surface area contributed by atoms with Gasteiger partial charge in [-0.05, 0) is 44.2 Å². The molecule has 2 fully saturated rings. The highest BCUT2D eigenvalue weighted by Gasteiger charge is 2.33. The van der Waals surface area contributed by atoms with Crippen molar-refractivity contribution in [1.82, 2.24) is 30.2 Å². The zero-order valence-electron chi connectivity index (χ0n) is 20.2. The van der Waals surface area contributed by atoms with Crippen LogP contribution in [0.4, 0.5) is 11.8 Å². The molecule has 1 unspecified atom stereocenters. The fourth-order valence-corrected chi connectivity index (χ4v) is 6.26. The van der Waals surface area contributed by atoms with Crippen LogP contribution in [0.1, 0.15) is 32.1 Å². The maximum Gasteiger partial charge on any atom is 0.233 e. The molecule has 0 aromatic carbocycles. The van der Waals surface area contributed by atoms with E-state index < -0.39 is 10.0 Å². The summed E-state index contributed by atoms with van der Waals surface area (Å²) in [6.45, 7) is 2.71. The molecule has 0 spiro atoms. The van der Waals surface area contributed by atoms with E-state index in [4.69, 9.17) is 10.7 Å². The summed E-state index contributed by atoms with van der Waals surface area (Å²) in [4.78, 5) is 35.0. The Morgan fingerprint density at radius 1 is 1.19 bits per heavy atom. The lowest BCUT2D eigenvalue weighted by molar-refractivity contribution is -0.119. The second-order valence-corrected chi connectivity index (χ2v) is 11.4. The lowest BCUT2D eigenvalue weighted by Gasteiger charge is -2.36. The number of nitrogens with zero attached hydrogens (tertiary/aromatic N) is 6. The van der Waals surface area contributed by atoms with Crippen molar-refractivity contribution in [3.05, 3.63) is 24.7 Å². The Kier molecular flexibility index (Phi) is 6.75. The zero-order valence-corrected chi connectivity index (χ0v) is 21.0. The molecule has 1 amide bonds. The van der Waals surface area contributed by atoms with Crippen LogP contribution in [0, 0.1) is 5.92 Å². The van der Waals surface area contributed by atoms with Gasteiger partial charge in [-0.3, -0.25) is 4.79 Å². The van der Waals surface area contributed by atoms with Crippen LogP contribution in [0.15, 0.2) is 24.7 Å². The molecule has 192 valence electrons. The van der Waals surface area contributed by atoms with Crippen LogP contribution in [0.2, 0.25) is 0 Å². The van der Waals surface area contributed by atoms with Gasteiger partial charge in [0.1, 0.15) is 5.52 Å². The Morgan fingerprint density at radius 3 is 2.69 bits per heavy atom. The van der Waals surface area contributed by atoms with Crippen LogP contribution in [0.5, 0.6) is 0 Å². The molecule has 12 nitrogen and oxygen atoms in total. The van der Waals surface area contributed by atoms with E-state index in [0.717, 1.165) is 32.2 Å². The van der Waals surface area contributed by atoms with Crippen molar-refractivity contribution >= 4 is 38.9 Å². The van der Waals surface area contributed by atoms with Crippen molar-refractivity contribution in [2.75, 3.05) is 41.6 Å². The first-order valence-corrected chi connectivity index (χ1v) is 14.1. The number of anilines is 2. The highest BCUT2D eigenvalue weighted by atomic mass is 32.2. The van der Waals surface area contributed by atoms with Gasteiger partial charge in [-0.1, -0.05) is 0 Å². The number of sulfonamides is 1. The monoisotopic (exact) mass is 513 g/mol. The van der Waals surface area contributed by atoms with Crippen LogP contribution in [-0.4, -0.2) is 77.7 Å². The number of rotatable bonds is 7. The van der Waals surface area contributed by atoms with Gasteiger partial charge in [0.15, 0.2) is 11.5 Å². The number of carbonyl (C=O) groups excluding carboxylic acids is 1. The van der Waals surface area contributed by atoms with Gasteiger partial charge >= 0.3 is 0 Å². The number of nitrogens with one attached hydrogen (secondary N) is 2. The first-order chi connectivity index (χ1) is 17.3. The second-order valence-electron chi connectivity index (χ2n) is 9.53. The molecule has 36 heavy (non-hydrogen) atoms. The van der Waals surface area contributed by atoms with Gasteiger partial charge in [0, 0.05) is 38.4 Å². The van der Waals surface area contributed by atoms with Gasteiger partial charge in [-0.25, -0.2) is 27.7 Å². The fourth-order valence-electron chi connectivity index (χ4n) is 5.08. The predicted molar refractivity (Wildman–Crippen MR) is 137 cm³/mol. The van der Waals surface area contributed by atoms with Gasteiger partial charge in [0.05, 0.1) is 29.8 Å². The third kappa shape index (κ3) is 5.12. The Labute approximate surface area is 209 Å². The third-order valence-electron chi connectivity index (χ3n) is 6.85. The average Bonchev–Trinajstić information content (AvgIpc) is 3.32. The molecule has 1 atom stereocenters. The molecule has 0 aliphatic carbocycles. The quantitative estimate of drug-likeness (QED) is 0.418. The zero-order chi connectivity index (χ0) is 25.3. The molecule has 0 bridgehead atoms. The minimum atomic E-state index is -3.67. The molecule has 3 aromatic heterocycles. The number of H-pyrrole nitrogens is 1. The molecule has 5 heterocycles. The Hall–Kier alpha value is -3.32. The normalized spacial score (nSPS) is 19.5. The van der Waals surface area contributed by atoms with Crippen molar-refractivity contribution in [3.63, 3.8) is 0 Å². The van der Waals surface area contributed by atoms with Gasteiger partial charge in [-0.2, -0.15) is 4.98 Å². The number of primary amides is 1. The summed E-state index contributed by atoms with van der Waals surface area (Å²) in [5.41, 5.74) is 7.70. The van der Waals surface area contributed by atoms with Crippen LogP contribution >= 0.6 is 0 Å². The van der Waals surface area contributed by atoms with Gasteiger partial charge < -0.3 is 20.9 Å². The molecule has 5 rings (SSSR count). The van der Waals surface area contributed by atoms with Gasteiger partial charge in [0.25, 0.3) is 0 Å². The topological polar surface area (TPSA) is 163 Å². The largest absolute Gasteiger partial charge is 0.370 e. The summed E-state index contributed by atoms with van der Waals surface area (Å²) in [5.74, 6) is 0.711. The summed E-state index contributed by atoms with van der Waals surface area (Å²) >= 11 is 0. The highest BCUT2D eigenvalue weighted by Crippen LogP contribution is 2.34. The lowest BCUT2D eigenvalue weighted by atomic mass is 9.93. The molecule has 13 heteroatoms. The molecule has 0 saturated carbocycles. The number of nitrogens with two attached hydrogens (primary N) is 1. The first kappa shape index (κ1) is 24.4. The highest BCUT2D eigenvalue weighted by molar-refractivity contribution is 7.92. The maximum atomic E-state index is 13.2. The number of carbonyl (C=O) groups is 1. The minimum Gasteiger partial charge on any atom is -0.370 e. The number of piperidine rings is 2. The number of hydrogen-bond donors (Lipinski definition) is 3. The van der Waals surface area contributed by atoms with E-state index in [9.17, 15) is 13.2 Å². The molecular formula is C23H31N9O3S. The summed E-state index contributed by atoms with van der Waals surface area (Å²) in [6.07, 6.45) is 9.77. The van der Waals surface area contributed by atoms with E-state index in [-0.39, 0.29) is 17.9 Å². The number of hydrogen-bond acceptors (Lipinski definition) is 9. The molecule has 2 saturated heterocycles. The van der Waals surface area contributed by atoms with Crippen molar-refractivity contribution in [2.24, 2.45) is 11.7 Å². The van der Waals surface area contributed by atoms with Gasteiger partial charge in [-0.15, -0.1) is 0 Å². The van der Waals surface area contributed by atoms with E-state index >= 15 is 0 Å². The van der Waals surface area contributed by atoms with E-state index in [1.54, 1.807) is 18.6 Å². The number of amides is 1. The van der Waals surface area contributed by atoms with Crippen LogP contribution in [0.3, 0.4) is 0 Å². The summed E-state index contributed by atoms with van der Waals surface area (Å²) in [6, 6.07) is 1.54. The van der Waals surface area contributed by atoms with Crippen molar-refractivity contribution in [3.8, 4) is 11.3 Å². The summed E-state index contributed by atoms with van der Waals surface area (Å²) in [5, 5.41) is 3.31. The predicted octanol–water partition coefficient (Wildman–Crippen LogP) is 1.02. The third-order valence-corrected chi connectivity index (χ3v) is 8.03. The van der Waals surface area contributed by atoms with Crippen LogP contribution in [-0.2, 0) is 14.8 Å². The average molecular weight is 514 g/mol. The Balaban J connectivity index is 1.56. The van der Waals surface area contributed by atoms with Crippen molar-refractivity contribution < 1.29 is 13.2 Å². The fraction of sp³-hybridized carbons (Fsp3) is 0.522. The van der Waals surface area contributed by atoms with E-state index in [1.807, 2.05) is 11.0 Å². The SMILES string of the molecule is CS(=O)(=O)N(c1nc(N2CCC(CC(N)=O)CC2)ncc1-c1cnc2[nH]ccc2n1)C1CCCNC1. The maximum absolute atomic E-state index is 13.2. The second kappa shape index (κ2) is 9.97. The van der Waals surface area contributed by atoms with E-state index in [0.29, 0.717) is 60.2 Å². The van der Waals surface area contributed by atoms with Crippen molar-refractivity contribution in [2.45, 2.75) is 38.1 Å². The molecule has 0 radical (unpaired) electrons. The minimum absolute atomic E-state index is 0.238. The first-order valence-electron chi connectivity index (χ1n) is 12.2.